The summed E-state index contributed by atoms with van der Waals surface area (Å²) in [6.45, 7) is 2.04. The molecule has 0 aromatic carbocycles. The Morgan fingerprint density at radius 1 is 1.54 bits per heavy atom. The van der Waals surface area contributed by atoms with Gasteiger partial charge >= 0.3 is 0 Å². The fourth-order valence-electron chi connectivity index (χ4n) is 1.78. The minimum absolute atomic E-state index is 0.353. The molecule has 1 saturated heterocycles. The Labute approximate surface area is 82.0 Å². The largest absolute Gasteiger partial charge is 0.386 e. The standard InChI is InChI=1S/C9H14N2OS/c12-9(8-3-6-13-11-8)7-1-4-10-5-2-7/h3,6-7,9-10,12H,1-2,4-5H2. The van der Waals surface area contributed by atoms with Crippen LogP contribution < -0.4 is 5.32 Å². The van der Waals surface area contributed by atoms with Gasteiger partial charge in [-0.25, -0.2) is 0 Å². The van der Waals surface area contributed by atoms with Crippen LogP contribution in [0.3, 0.4) is 0 Å². The molecule has 2 rings (SSSR count). The Bertz CT molecular complexity index is 244. The molecule has 0 saturated carbocycles. The first-order chi connectivity index (χ1) is 6.38. The van der Waals surface area contributed by atoms with Gasteiger partial charge in [0.1, 0.15) is 0 Å². The third-order valence-electron chi connectivity index (χ3n) is 2.59. The molecule has 1 unspecified atom stereocenters. The third-order valence-corrected chi connectivity index (χ3v) is 3.17. The van der Waals surface area contributed by atoms with Gasteiger partial charge in [0.25, 0.3) is 0 Å². The van der Waals surface area contributed by atoms with E-state index >= 15 is 0 Å². The summed E-state index contributed by atoms with van der Waals surface area (Å²) < 4.78 is 4.16. The molecular weight excluding hydrogens is 184 g/mol. The summed E-state index contributed by atoms with van der Waals surface area (Å²) in [5.41, 5.74) is 0.844. The fourth-order valence-corrected chi connectivity index (χ4v) is 2.33. The number of hydrogen-bond donors (Lipinski definition) is 2. The Morgan fingerprint density at radius 2 is 2.31 bits per heavy atom. The van der Waals surface area contributed by atoms with Crippen LogP contribution in [0.2, 0.25) is 0 Å². The zero-order valence-electron chi connectivity index (χ0n) is 7.44. The average Bonchev–Trinajstić information content (AvgIpc) is 2.71. The van der Waals surface area contributed by atoms with Crippen LogP contribution >= 0.6 is 11.5 Å². The second kappa shape index (κ2) is 4.17. The molecule has 1 aromatic rings. The molecule has 0 amide bonds. The summed E-state index contributed by atoms with van der Waals surface area (Å²) in [7, 11) is 0. The van der Waals surface area contributed by atoms with Gasteiger partial charge in [-0.2, -0.15) is 4.37 Å². The van der Waals surface area contributed by atoms with Crippen molar-refractivity contribution in [3.05, 3.63) is 17.1 Å². The normalized spacial score (nSPS) is 21.6. The highest BCUT2D eigenvalue weighted by atomic mass is 32.1. The molecule has 1 fully saturated rings. The fraction of sp³-hybridized carbons (Fsp3) is 0.667. The van der Waals surface area contributed by atoms with Crippen molar-refractivity contribution in [1.29, 1.82) is 0 Å². The van der Waals surface area contributed by atoms with E-state index in [1.54, 1.807) is 0 Å². The maximum atomic E-state index is 9.95. The Balaban J connectivity index is 1.99. The molecule has 0 radical (unpaired) electrons. The minimum Gasteiger partial charge on any atom is -0.386 e. The highest BCUT2D eigenvalue weighted by Gasteiger charge is 2.23. The van der Waals surface area contributed by atoms with Gasteiger partial charge in [0.2, 0.25) is 0 Å². The van der Waals surface area contributed by atoms with Crippen molar-refractivity contribution in [1.82, 2.24) is 9.69 Å². The predicted octanol–water partition coefficient (Wildman–Crippen LogP) is 1.18. The topological polar surface area (TPSA) is 45.2 Å². The van der Waals surface area contributed by atoms with E-state index < -0.39 is 0 Å². The van der Waals surface area contributed by atoms with Gasteiger partial charge in [-0.3, -0.25) is 0 Å². The number of nitrogens with zero attached hydrogens (tertiary/aromatic N) is 1. The van der Waals surface area contributed by atoms with Crippen molar-refractivity contribution < 1.29 is 5.11 Å². The Hall–Kier alpha value is -0.450. The number of aromatic nitrogens is 1. The summed E-state index contributed by atoms with van der Waals surface area (Å²) in [4.78, 5) is 0. The lowest BCUT2D eigenvalue weighted by Gasteiger charge is -2.26. The van der Waals surface area contributed by atoms with Crippen molar-refractivity contribution in [3.63, 3.8) is 0 Å². The summed E-state index contributed by atoms with van der Waals surface area (Å²) in [5, 5.41) is 15.2. The van der Waals surface area contributed by atoms with Gasteiger partial charge in [0, 0.05) is 5.38 Å². The third kappa shape index (κ3) is 2.07. The number of aliphatic hydroxyl groups excluding tert-OH is 1. The van der Waals surface area contributed by atoms with Gasteiger partial charge in [0.15, 0.2) is 0 Å². The first-order valence-electron chi connectivity index (χ1n) is 4.67. The van der Waals surface area contributed by atoms with Gasteiger partial charge in [-0.15, -0.1) is 0 Å². The van der Waals surface area contributed by atoms with Gasteiger partial charge in [0.05, 0.1) is 11.8 Å². The van der Waals surface area contributed by atoms with Crippen LogP contribution in [0.4, 0.5) is 0 Å². The van der Waals surface area contributed by atoms with Crippen molar-refractivity contribution >= 4 is 11.5 Å². The number of piperidine rings is 1. The van der Waals surface area contributed by atoms with Crippen LogP contribution in [0.5, 0.6) is 0 Å². The van der Waals surface area contributed by atoms with E-state index in [1.165, 1.54) is 11.5 Å². The van der Waals surface area contributed by atoms with Crippen LogP contribution in [0.1, 0.15) is 24.6 Å². The summed E-state index contributed by atoms with van der Waals surface area (Å²) in [6.07, 6.45) is 1.76. The first kappa shape index (κ1) is 9.12. The van der Waals surface area contributed by atoms with E-state index in [0.717, 1.165) is 31.6 Å². The smallest absolute Gasteiger partial charge is 0.0999 e. The molecule has 72 valence electrons. The van der Waals surface area contributed by atoms with Crippen molar-refractivity contribution in [3.8, 4) is 0 Å². The van der Waals surface area contributed by atoms with E-state index in [9.17, 15) is 5.11 Å². The second-order valence-corrected chi connectivity index (χ2v) is 4.12. The lowest BCUT2D eigenvalue weighted by atomic mass is 9.90. The maximum Gasteiger partial charge on any atom is 0.0999 e. The van der Waals surface area contributed by atoms with Crippen LogP contribution in [0.25, 0.3) is 0 Å². The number of hydrogen-bond acceptors (Lipinski definition) is 4. The molecule has 3 nitrogen and oxygen atoms in total. The molecule has 1 aliphatic rings. The second-order valence-electron chi connectivity index (χ2n) is 3.46. The first-order valence-corrected chi connectivity index (χ1v) is 5.50. The molecular formula is C9H14N2OS. The highest BCUT2D eigenvalue weighted by molar-refractivity contribution is 7.03. The van der Waals surface area contributed by atoms with Gasteiger partial charge in [-0.05, 0) is 49.4 Å². The van der Waals surface area contributed by atoms with Crippen LogP contribution in [-0.4, -0.2) is 22.6 Å². The Kier molecular flexibility index (Phi) is 2.93. The highest BCUT2D eigenvalue weighted by Crippen LogP contribution is 2.27. The lowest BCUT2D eigenvalue weighted by molar-refractivity contribution is 0.0860. The number of aliphatic hydroxyl groups is 1. The molecule has 13 heavy (non-hydrogen) atoms. The molecule has 0 aliphatic carbocycles. The van der Waals surface area contributed by atoms with E-state index in [4.69, 9.17) is 0 Å². The zero-order chi connectivity index (χ0) is 9.10. The lowest BCUT2D eigenvalue weighted by Crippen LogP contribution is -2.30. The summed E-state index contributed by atoms with van der Waals surface area (Å²) in [5.74, 6) is 0.392. The van der Waals surface area contributed by atoms with Crippen LogP contribution in [0, 0.1) is 5.92 Å². The number of nitrogens with one attached hydrogen (secondary N) is 1. The molecule has 1 atom stereocenters. The SMILES string of the molecule is OC(c1ccsn1)C1CCNCC1. The molecule has 1 aromatic heterocycles. The van der Waals surface area contributed by atoms with Crippen molar-refractivity contribution in [2.45, 2.75) is 18.9 Å². The molecule has 1 aliphatic heterocycles. The zero-order valence-corrected chi connectivity index (χ0v) is 8.26. The minimum atomic E-state index is -0.353. The summed E-state index contributed by atoms with van der Waals surface area (Å²) in [6, 6.07) is 1.91. The molecule has 4 heteroatoms. The molecule has 2 N–H and O–H groups in total. The Morgan fingerprint density at radius 3 is 2.92 bits per heavy atom. The monoisotopic (exact) mass is 198 g/mol. The van der Waals surface area contributed by atoms with E-state index in [0.29, 0.717) is 5.92 Å². The summed E-state index contributed by atoms with van der Waals surface area (Å²) >= 11 is 1.41. The van der Waals surface area contributed by atoms with Crippen LogP contribution in [-0.2, 0) is 0 Å². The van der Waals surface area contributed by atoms with E-state index in [-0.39, 0.29) is 6.10 Å². The van der Waals surface area contributed by atoms with Crippen molar-refractivity contribution in [2.75, 3.05) is 13.1 Å². The van der Waals surface area contributed by atoms with Crippen molar-refractivity contribution in [2.24, 2.45) is 5.92 Å². The quantitative estimate of drug-likeness (QED) is 0.750. The van der Waals surface area contributed by atoms with E-state index in [2.05, 4.69) is 9.69 Å². The van der Waals surface area contributed by atoms with Gasteiger partial charge < -0.3 is 10.4 Å². The number of rotatable bonds is 2. The molecule has 2 heterocycles. The molecule has 0 spiro atoms. The average molecular weight is 198 g/mol. The van der Waals surface area contributed by atoms with Gasteiger partial charge in [-0.1, -0.05) is 0 Å². The van der Waals surface area contributed by atoms with E-state index in [1.807, 2.05) is 11.4 Å². The predicted molar refractivity (Wildman–Crippen MR) is 52.7 cm³/mol. The molecule has 0 bridgehead atoms. The van der Waals surface area contributed by atoms with Crippen LogP contribution in [0.15, 0.2) is 11.4 Å². The maximum absolute atomic E-state index is 9.95.